The summed E-state index contributed by atoms with van der Waals surface area (Å²) < 4.78 is 7.31. The van der Waals surface area contributed by atoms with Crippen molar-refractivity contribution in [2.45, 2.75) is 44.8 Å². The van der Waals surface area contributed by atoms with Crippen molar-refractivity contribution in [2.24, 2.45) is 0 Å². The highest BCUT2D eigenvalue weighted by Gasteiger charge is 2.53. The van der Waals surface area contributed by atoms with E-state index < -0.39 is 11.6 Å². The Bertz CT molecular complexity index is 717. The molecule has 23 heavy (non-hydrogen) atoms. The predicted octanol–water partition coefficient (Wildman–Crippen LogP) is 3.16. The van der Waals surface area contributed by atoms with Gasteiger partial charge in [-0.15, -0.1) is 0 Å². The fourth-order valence-corrected chi connectivity index (χ4v) is 2.77. The molecular formula is C18H20N2O3. The number of Topliss-reactive ketones (excluding diaryl/α,β-unsaturated/α-hetero) is 1. The zero-order chi connectivity index (χ0) is 16.4. The Morgan fingerprint density at radius 3 is 2.61 bits per heavy atom. The summed E-state index contributed by atoms with van der Waals surface area (Å²) in [6.45, 7) is 3.79. The maximum atomic E-state index is 12.5. The minimum absolute atomic E-state index is 0.00646. The molecule has 3 rings (SSSR count). The van der Waals surface area contributed by atoms with E-state index in [2.05, 4.69) is 4.98 Å². The molecule has 1 heterocycles. The Morgan fingerprint density at radius 1 is 1.30 bits per heavy atom. The van der Waals surface area contributed by atoms with E-state index in [1.807, 2.05) is 37.3 Å². The SMILES string of the molecule is CCC(=O)C1(OC(=O)c2cncn2C(C)c2ccccc2)CC1. The van der Waals surface area contributed by atoms with Crippen LogP contribution >= 0.6 is 0 Å². The highest BCUT2D eigenvalue weighted by Crippen LogP contribution is 2.42. The maximum Gasteiger partial charge on any atom is 0.357 e. The van der Waals surface area contributed by atoms with Gasteiger partial charge in [-0.05, 0) is 25.3 Å². The molecule has 2 aromatic rings. The van der Waals surface area contributed by atoms with Crippen molar-refractivity contribution < 1.29 is 14.3 Å². The zero-order valence-corrected chi connectivity index (χ0v) is 13.4. The smallest absolute Gasteiger partial charge is 0.357 e. The van der Waals surface area contributed by atoms with Crippen molar-refractivity contribution in [3.05, 3.63) is 54.1 Å². The standard InChI is InChI=1S/C18H20N2O3/c1-3-16(21)18(9-10-18)23-17(22)15-11-19-12-20(15)13(2)14-7-5-4-6-8-14/h4-8,11-13H,3,9-10H2,1-2H3. The number of ether oxygens (including phenoxy) is 1. The lowest BCUT2D eigenvalue weighted by atomic mass is 10.1. The van der Waals surface area contributed by atoms with Gasteiger partial charge in [0.1, 0.15) is 5.69 Å². The molecule has 1 aromatic carbocycles. The number of hydrogen-bond acceptors (Lipinski definition) is 4. The first-order valence-electron chi connectivity index (χ1n) is 7.91. The topological polar surface area (TPSA) is 61.2 Å². The van der Waals surface area contributed by atoms with E-state index in [4.69, 9.17) is 4.74 Å². The van der Waals surface area contributed by atoms with E-state index in [0.717, 1.165) is 5.56 Å². The van der Waals surface area contributed by atoms with Crippen molar-refractivity contribution in [1.82, 2.24) is 9.55 Å². The number of imidazole rings is 1. The fraction of sp³-hybridized carbons (Fsp3) is 0.389. The largest absolute Gasteiger partial charge is 0.446 e. The van der Waals surface area contributed by atoms with E-state index in [0.29, 0.717) is 25.0 Å². The number of hydrogen-bond donors (Lipinski definition) is 0. The number of nitrogens with zero attached hydrogens (tertiary/aromatic N) is 2. The average Bonchev–Trinajstić information content (AvgIpc) is 3.19. The van der Waals surface area contributed by atoms with Gasteiger partial charge < -0.3 is 9.30 Å². The highest BCUT2D eigenvalue weighted by molar-refractivity contribution is 5.95. The van der Waals surface area contributed by atoms with Crippen LogP contribution in [0.3, 0.4) is 0 Å². The maximum absolute atomic E-state index is 12.5. The minimum Gasteiger partial charge on any atom is -0.446 e. The van der Waals surface area contributed by atoms with Gasteiger partial charge in [0.05, 0.1) is 18.6 Å². The first-order valence-corrected chi connectivity index (χ1v) is 7.91. The average molecular weight is 312 g/mol. The Kier molecular flexibility index (Phi) is 4.03. The second kappa shape index (κ2) is 5.99. The van der Waals surface area contributed by atoms with E-state index in [1.54, 1.807) is 17.8 Å². The Hall–Kier alpha value is -2.43. The van der Waals surface area contributed by atoms with Gasteiger partial charge in [-0.2, -0.15) is 0 Å². The van der Waals surface area contributed by atoms with Crippen LogP contribution in [0, 0.1) is 0 Å². The molecular weight excluding hydrogens is 292 g/mol. The van der Waals surface area contributed by atoms with E-state index in [1.165, 1.54) is 6.20 Å². The number of carbonyl (C=O) groups excluding carboxylic acids is 2. The van der Waals surface area contributed by atoms with Gasteiger partial charge in [-0.25, -0.2) is 9.78 Å². The van der Waals surface area contributed by atoms with Crippen LogP contribution < -0.4 is 0 Å². The van der Waals surface area contributed by atoms with Gasteiger partial charge in [0, 0.05) is 6.42 Å². The fourth-order valence-electron chi connectivity index (χ4n) is 2.77. The lowest BCUT2D eigenvalue weighted by Gasteiger charge is -2.18. The lowest BCUT2D eigenvalue weighted by Crippen LogP contribution is -2.30. The molecule has 120 valence electrons. The van der Waals surface area contributed by atoms with Crippen LogP contribution in [0.15, 0.2) is 42.9 Å². The molecule has 1 aliphatic carbocycles. The Balaban J connectivity index is 1.81. The molecule has 1 aromatic heterocycles. The normalized spacial score (nSPS) is 16.6. The quantitative estimate of drug-likeness (QED) is 0.769. The third kappa shape index (κ3) is 2.91. The number of benzene rings is 1. The van der Waals surface area contributed by atoms with Gasteiger partial charge in [0.15, 0.2) is 11.4 Å². The first kappa shape index (κ1) is 15.5. The van der Waals surface area contributed by atoms with E-state index in [9.17, 15) is 9.59 Å². The summed E-state index contributed by atoms with van der Waals surface area (Å²) in [5.74, 6) is -0.488. The second-order valence-electron chi connectivity index (χ2n) is 5.93. The van der Waals surface area contributed by atoms with Crippen LogP contribution in [0.5, 0.6) is 0 Å². The van der Waals surface area contributed by atoms with Gasteiger partial charge in [0.2, 0.25) is 0 Å². The first-order chi connectivity index (χ1) is 11.1. The molecule has 1 aliphatic rings. The number of rotatable bonds is 6. The number of ketones is 1. The summed E-state index contributed by atoms with van der Waals surface area (Å²) in [5.41, 5.74) is 0.554. The molecule has 0 N–H and O–H groups in total. The molecule has 1 saturated carbocycles. The molecule has 1 atom stereocenters. The van der Waals surface area contributed by atoms with Crippen molar-refractivity contribution in [3.63, 3.8) is 0 Å². The molecule has 5 heteroatoms. The third-order valence-corrected chi connectivity index (χ3v) is 4.40. The molecule has 0 amide bonds. The van der Waals surface area contributed by atoms with Crippen molar-refractivity contribution in [3.8, 4) is 0 Å². The summed E-state index contributed by atoms with van der Waals surface area (Å²) in [6, 6.07) is 9.83. The highest BCUT2D eigenvalue weighted by atomic mass is 16.6. The Morgan fingerprint density at radius 2 is 2.00 bits per heavy atom. The van der Waals surface area contributed by atoms with Crippen LogP contribution in [0.2, 0.25) is 0 Å². The van der Waals surface area contributed by atoms with Crippen LogP contribution in [0.1, 0.15) is 55.2 Å². The van der Waals surface area contributed by atoms with Crippen LogP contribution in [-0.4, -0.2) is 26.9 Å². The molecule has 1 unspecified atom stereocenters. The van der Waals surface area contributed by atoms with Crippen LogP contribution in [0.25, 0.3) is 0 Å². The summed E-state index contributed by atoms with van der Waals surface area (Å²) in [7, 11) is 0. The summed E-state index contributed by atoms with van der Waals surface area (Å²) in [5, 5.41) is 0. The molecule has 0 aliphatic heterocycles. The van der Waals surface area contributed by atoms with Crippen molar-refractivity contribution >= 4 is 11.8 Å². The molecule has 0 radical (unpaired) electrons. The molecule has 0 saturated heterocycles. The van der Waals surface area contributed by atoms with E-state index in [-0.39, 0.29) is 11.8 Å². The number of aromatic nitrogens is 2. The second-order valence-corrected chi connectivity index (χ2v) is 5.93. The van der Waals surface area contributed by atoms with Crippen LogP contribution in [-0.2, 0) is 9.53 Å². The predicted molar refractivity (Wildman–Crippen MR) is 85.2 cm³/mol. The van der Waals surface area contributed by atoms with Crippen molar-refractivity contribution in [2.75, 3.05) is 0 Å². The third-order valence-electron chi connectivity index (χ3n) is 4.40. The molecule has 0 spiro atoms. The van der Waals surface area contributed by atoms with E-state index >= 15 is 0 Å². The summed E-state index contributed by atoms with van der Waals surface area (Å²) in [4.78, 5) is 28.5. The summed E-state index contributed by atoms with van der Waals surface area (Å²) >= 11 is 0. The van der Waals surface area contributed by atoms with Gasteiger partial charge in [0.25, 0.3) is 0 Å². The molecule has 5 nitrogen and oxygen atoms in total. The van der Waals surface area contributed by atoms with Gasteiger partial charge in [-0.3, -0.25) is 4.79 Å². The zero-order valence-electron chi connectivity index (χ0n) is 13.4. The molecule has 0 bridgehead atoms. The number of carbonyl (C=O) groups is 2. The Labute approximate surface area is 135 Å². The summed E-state index contributed by atoms with van der Waals surface area (Å²) in [6.07, 6.45) is 4.73. The number of esters is 1. The van der Waals surface area contributed by atoms with Crippen molar-refractivity contribution in [1.29, 1.82) is 0 Å². The van der Waals surface area contributed by atoms with Crippen LogP contribution in [0.4, 0.5) is 0 Å². The molecule has 1 fully saturated rings. The minimum atomic E-state index is -0.892. The van der Waals surface area contributed by atoms with Gasteiger partial charge >= 0.3 is 5.97 Å². The monoisotopic (exact) mass is 312 g/mol. The van der Waals surface area contributed by atoms with Gasteiger partial charge in [-0.1, -0.05) is 37.3 Å². The lowest BCUT2D eigenvalue weighted by molar-refractivity contribution is -0.129.